The molecule has 2 fully saturated rings. The van der Waals surface area contributed by atoms with Crippen molar-refractivity contribution >= 4 is 23.4 Å². The van der Waals surface area contributed by atoms with Crippen LogP contribution in [-0.4, -0.2) is 116 Å². The Kier molecular flexibility index (Phi) is 10.00. The van der Waals surface area contributed by atoms with Gasteiger partial charge in [0, 0.05) is 69.5 Å². The van der Waals surface area contributed by atoms with E-state index in [1.165, 1.54) is 24.4 Å². The summed E-state index contributed by atoms with van der Waals surface area (Å²) in [6, 6.07) is 8.50. The minimum atomic E-state index is -0.316. The molecule has 1 unspecified atom stereocenters. The Morgan fingerprint density at radius 1 is 1.15 bits per heavy atom. The molecule has 1 aromatic carbocycles. The maximum absolute atomic E-state index is 12.6. The van der Waals surface area contributed by atoms with Gasteiger partial charge in [0.25, 0.3) is 0 Å². The lowest BCUT2D eigenvalue weighted by molar-refractivity contribution is -0.128. The van der Waals surface area contributed by atoms with Crippen LogP contribution in [-0.2, 0) is 33.5 Å². The van der Waals surface area contributed by atoms with Gasteiger partial charge in [-0.15, -0.1) is 0 Å². The number of carbonyl (C=O) groups excluding carboxylic acids is 2. The highest BCUT2D eigenvalue weighted by Crippen LogP contribution is 2.37. The molecular weight excluding hydrogens is 586 g/mol. The summed E-state index contributed by atoms with van der Waals surface area (Å²) in [5.74, 6) is 0.379. The van der Waals surface area contributed by atoms with Crippen LogP contribution in [0.15, 0.2) is 30.9 Å². The highest BCUT2D eigenvalue weighted by atomic mass is 16.5. The number of fused-ring (bicyclic) bond motifs is 2. The molecule has 0 bridgehead atoms. The summed E-state index contributed by atoms with van der Waals surface area (Å²) in [5, 5.41) is 9.55. The number of esters is 1. The topological polar surface area (TPSA) is 124 Å². The number of amides is 1. The molecule has 46 heavy (non-hydrogen) atoms. The van der Waals surface area contributed by atoms with Crippen LogP contribution in [0.4, 0.5) is 11.5 Å². The number of benzene rings is 1. The average molecular weight is 630 g/mol. The number of aryl methyl sites for hydroxylation is 1. The Hall–Kier alpha value is -4.21. The number of methoxy groups -OCH3 is 1. The number of hydrogen-bond donors (Lipinski definition) is 0. The second-order valence-electron chi connectivity index (χ2n) is 12.3. The Balaban J connectivity index is 1.26. The van der Waals surface area contributed by atoms with Crippen molar-refractivity contribution < 1.29 is 23.8 Å². The minimum absolute atomic E-state index is 0.153. The summed E-state index contributed by atoms with van der Waals surface area (Å²) >= 11 is 0. The molecule has 0 saturated carbocycles. The van der Waals surface area contributed by atoms with Crippen molar-refractivity contribution in [1.29, 1.82) is 5.26 Å². The molecule has 3 aliphatic heterocycles. The molecule has 0 spiro atoms. The Labute approximate surface area is 270 Å². The zero-order chi connectivity index (χ0) is 32.0. The van der Waals surface area contributed by atoms with Crippen molar-refractivity contribution in [3.8, 4) is 12.1 Å². The number of nitrogens with zero attached hydrogens (tertiary/aromatic N) is 7. The van der Waals surface area contributed by atoms with Gasteiger partial charge in [0.1, 0.15) is 12.4 Å². The molecule has 2 saturated heterocycles. The normalized spacial score (nSPS) is 21.5. The average Bonchev–Trinajstić information content (AvgIpc) is 3.10. The van der Waals surface area contributed by atoms with Gasteiger partial charge in [-0.05, 0) is 55.5 Å². The number of nitriles is 1. The van der Waals surface area contributed by atoms with Gasteiger partial charge in [-0.3, -0.25) is 9.69 Å². The summed E-state index contributed by atoms with van der Waals surface area (Å²) in [6.07, 6.45) is 6.00. The molecule has 1 amide bonds. The highest BCUT2D eigenvalue weighted by Gasteiger charge is 2.35. The van der Waals surface area contributed by atoms with Crippen molar-refractivity contribution in [2.75, 3.05) is 82.5 Å². The second-order valence-corrected chi connectivity index (χ2v) is 12.3. The Morgan fingerprint density at radius 3 is 2.78 bits per heavy atom. The van der Waals surface area contributed by atoms with Gasteiger partial charge in [0.15, 0.2) is 0 Å². The second kappa shape index (κ2) is 14.5. The molecule has 1 aromatic heterocycles. The molecule has 1 aliphatic carbocycles. The molecule has 0 radical (unpaired) electrons. The number of piperazine rings is 1. The number of morpholine rings is 1. The molecule has 4 aliphatic rings. The van der Waals surface area contributed by atoms with E-state index in [0.717, 1.165) is 88.6 Å². The van der Waals surface area contributed by atoms with Crippen LogP contribution in [0.1, 0.15) is 46.4 Å². The first kappa shape index (κ1) is 31.8. The molecule has 0 N–H and O–H groups in total. The highest BCUT2D eigenvalue weighted by molar-refractivity contribution is 5.90. The van der Waals surface area contributed by atoms with Crippen LogP contribution in [0.5, 0.6) is 6.01 Å². The summed E-state index contributed by atoms with van der Waals surface area (Å²) in [5.41, 5.74) is 5.03. The van der Waals surface area contributed by atoms with E-state index in [0.29, 0.717) is 37.8 Å². The molecule has 244 valence electrons. The fourth-order valence-corrected chi connectivity index (χ4v) is 7.22. The number of hydrogen-bond acceptors (Lipinski definition) is 11. The minimum Gasteiger partial charge on any atom is -0.465 e. The van der Waals surface area contributed by atoms with Gasteiger partial charge in [0.05, 0.1) is 50.1 Å². The van der Waals surface area contributed by atoms with E-state index in [1.54, 1.807) is 4.90 Å². The number of rotatable bonds is 9. The maximum atomic E-state index is 12.6. The number of aromatic nitrogens is 2. The van der Waals surface area contributed by atoms with Gasteiger partial charge in [-0.2, -0.15) is 15.2 Å². The summed E-state index contributed by atoms with van der Waals surface area (Å²) in [4.78, 5) is 43.5. The predicted octanol–water partition coefficient (Wildman–Crippen LogP) is 2.40. The Bertz CT molecular complexity index is 1490. The van der Waals surface area contributed by atoms with E-state index in [4.69, 9.17) is 24.2 Å². The van der Waals surface area contributed by atoms with E-state index >= 15 is 0 Å². The first-order valence-corrected chi connectivity index (χ1v) is 16.3. The third-order valence-corrected chi connectivity index (χ3v) is 9.61. The van der Waals surface area contributed by atoms with E-state index < -0.39 is 0 Å². The largest absolute Gasteiger partial charge is 0.465 e. The number of anilines is 2. The molecule has 4 heterocycles. The monoisotopic (exact) mass is 629 g/mol. The molecule has 2 aromatic rings. The van der Waals surface area contributed by atoms with Gasteiger partial charge in [0.2, 0.25) is 5.91 Å². The summed E-state index contributed by atoms with van der Waals surface area (Å²) < 4.78 is 16.7. The van der Waals surface area contributed by atoms with E-state index in [1.807, 2.05) is 12.1 Å². The van der Waals surface area contributed by atoms with Crippen LogP contribution in [0.2, 0.25) is 0 Å². The first-order valence-electron chi connectivity index (χ1n) is 16.3. The lowest BCUT2D eigenvalue weighted by Gasteiger charge is -2.43. The van der Waals surface area contributed by atoms with Crippen LogP contribution < -0.4 is 14.5 Å². The number of ether oxygens (including phenoxy) is 3. The van der Waals surface area contributed by atoms with E-state index in [-0.39, 0.29) is 30.4 Å². The fraction of sp³-hybridized carbons (Fsp3) is 0.559. The number of carbonyl (C=O) groups is 2. The quantitative estimate of drug-likeness (QED) is 0.300. The van der Waals surface area contributed by atoms with Crippen molar-refractivity contribution in [3.05, 3.63) is 53.2 Å². The van der Waals surface area contributed by atoms with Gasteiger partial charge in [-0.1, -0.05) is 6.58 Å². The standard InChI is InChI=1S/C34H43N7O5/c1-3-31(42)41-14-13-39(23-27(41)10-11-35)32-28-8-7-26(40-12-4-5-24-21-25(33(43)44-2)6-9-30(24)40)22-29(28)36-34(37-32)46-20-17-38-15-18-45-19-16-38/h3,6,9,21,26-27H,1,4-5,7-8,10,12-20,22-23H2,2H3/t26?,27-/m0/s1. The van der Waals surface area contributed by atoms with Gasteiger partial charge >= 0.3 is 12.0 Å². The molecule has 12 heteroatoms. The van der Waals surface area contributed by atoms with Crippen molar-refractivity contribution in [2.45, 2.75) is 50.6 Å². The molecular formula is C34H43N7O5. The SMILES string of the molecule is C=CC(=O)N1CCN(c2nc(OCCN3CCOCC3)nc3c2CCC(N2CCCc4cc(C(=O)OC)ccc42)C3)C[C@@H]1CC#N. The third kappa shape index (κ3) is 6.81. The zero-order valence-corrected chi connectivity index (χ0v) is 26.7. The summed E-state index contributed by atoms with van der Waals surface area (Å²) in [7, 11) is 1.41. The van der Waals surface area contributed by atoms with Crippen molar-refractivity contribution in [3.63, 3.8) is 0 Å². The van der Waals surface area contributed by atoms with Crippen LogP contribution in [0.25, 0.3) is 0 Å². The van der Waals surface area contributed by atoms with Crippen molar-refractivity contribution in [1.82, 2.24) is 19.8 Å². The first-order chi connectivity index (χ1) is 22.5. The molecule has 6 rings (SSSR count). The molecule has 2 atom stereocenters. The smallest absolute Gasteiger partial charge is 0.337 e. The zero-order valence-electron chi connectivity index (χ0n) is 26.7. The maximum Gasteiger partial charge on any atom is 0.337 e. The lowest BCUT2D eigenvalue weighted by Crippen LogP contribution is -2.55. The third-order valence-electron chi connectivity index (χ3n) is 9.61. The van der Waals surface area contributed by atoms with E-state index in [2.05, 4.69) is 33.4 Å². The summed E-state index contributed by atoms with van der Waals surface area (Å²) in [6.45, 7) is 10.7. The fourth-order valence-electron chi connectivity index (χ4n) is 7.22. The lowest BCUT2D eigenvalue weighted by atomic mass is 9.88. The predicted molar refractivity (Wildman–Crippen MR) is 172 cm³/mol. The van der Waals surface area contributed by atoms with E-state index in [9.17, 15) is 14.9 Å². The Morgan fingerprint density at radius 2 is 2.00 bits per heavy atom. The van der Waals surface area contributed by atoms with Crippen LogP contribution in [0.3, 0.4) is 0 Å². The van der Waals surface area contributed by atoms with Crippen LogP contribution >= 0.6 is 0 Å². The van der Waals surface area contributed by atoms with Crippen molar-refractivity contribution in [2.24, 2.45) is 0 Å². The van der Waals surface area contributed by atoms with Gasteiger partial charge in [-0.25, -0.2) is 4.79 Å². The van der Waals surface area contributed by atoms with Crippen LogP contribution in [0, 0.1) is 11.3 Å². The molecule has 12 nitrogen and oxygen atoms in total. The van der Waals surface area contributed by atoms with Gasteiger partial charge < -0.3 is 28.9 Å².